The molecule has 1 atom stereocenters. The second-order valence-corrected chi connectivity index (χ2v) is 10.2. The van der Waals surface area contributed by atoms with Crippen LogP contribution in [0.2, 0.25) is 0 Å². The SMILES string of the molecule is COc1ccc(S(=O)(=O)N2CCCO[C@H]2CNC(=O)C(=O)NC2CCCCCC2)cc1C. The summed E-state index contributed by atoms with van der Waals surface area (Å²) in [7, 11) is -2.33. The third-order valence-electron chi connectivity index (χ3n) is 5.96. The summed E-state index contributed by atoms with van der Waals surface area (Å²) in [6.07, 6.45) is 5.79. The monoisotopic (exact) mass is 467 g/mol. The van der Waals surface area contributed by atoms with Crippen LogP contribution in [0, 0.1) is 6.92 Å². The molecule has 1 aliphatic carbocycles. The van der Waals surface area contributed by atoms with Crippen LogP contribution in [0.4, 0.5) is 0 Å². The van der Waals surface area contributed by atoms with Crippen molar-refractivity contribution in [3.05, 3.63) is 23.8 Å². The Kier molecular flexibility index (Phi) is 8.50. The number of amides is 2. The maximum Gasteiger partial charge on any atom is 0.309 e. The molecular formula is C22H33N3O6S. The van der Waals surface area contributed by atoms with E-state index in [9.17, 15) is 18.0 Å². The third-order valence-corrected chi connectivity index (χ3v) is 7.85. The molecule has 2 N–H and O–H groups in total. The van der Waals surface area contributed by atoms with Gasteiger partial charge >= 0.3 is 11.8 Å². The summed E-state index contributed by atoms with van der Waals surface area (Å²) in [5, 5.41) is 5.33. The van der Waals surface area contributed by atoms with Crippen molar-refractivity contribution in [2.24, 2.45) is 0 Å². The van der Waals surface area contributed by atoms with Gasteiger partial charge in [0.05, 0.1) is 25.2 Å². The van der Waals surface area contributed by atoms with E-state index in [1.54, 1.807) is 19.1 Å². The van der Waals surface area contributed by atoms with Crippen molar-refractivity contribution in [3.8, 4) is 5.75 Å². The molecule has 0 aromatic heterocycles. The maximum atomic E-state index is 13.2. The normalized spacial score (nSPS) is 20.9. The largest absolute Gasteiger partial charge is 0.496 e. The average Bonchev–Trinajstić information content (AvgIpc) is 3.06. The molecule has 32 heavy (non-hydrogen) atoms. The molecular weight excluding hydrogens is 434 g/mol. The van der Waals surface area contributed by atoms with Gasteiger partial charge in [0.25, 0.3) is 0 Å². The van der Waals surface area contributed by atoms with Crippen molar-refractivity contribution < 1.29 is 27.5 Å². The van der Waals surface area contributed by atoms with Gasteiger partial charge in [-0.2, -0.15) is 4.31 Å². The number of hydrogen-bond donors (Lipinski definition) is 2. The van der Waals surface area contributed by atoms with Gasteiger partial charge in [-0.15, -0.1) is 0 Å². The number of sulfonamides is 1. The van der Waals surface area contributed by atoms with Crippen LogP contribution >= 0.6 is 0 Å². The number of nitrogens with one attached hydrogen (secondary N) is 2. The van der Waals surface area contributed by atoms with Crippen molar-refractivity contribution in [1.82, 2.24) is 14.9 Å². The Balaban J connectivity index is 1.62. The highest BCUT2D eigenvalue weighted by molar-refractivity contribution is 7.89. The summed E-state index contributed by atoms with van der Waals surface area (Å²) in [4.78, 5) is 24.7. The van der Waals surface area contributed by atoms with Gasteiger partial charge in [-0.25, -0.2) is 8.42 Å². The number of benzene rings is 1. The first-order chi connectivity index (χ1) is 15.3. The molecule has 1 saturated heterocycles. The Hall–Kier alpha value is -2.17. The van der Waals surface area contributed by atoms with Crippen LogP contribution in [0.3, 0.4) is 0 Å². The molecule has 0 radical (unpaired) electrons. The summed E-state index contributed by atoms with van der Waals surface area (Å²) in [6, 6.07) is 4.67. The molecule has 0 spiro atoms. The van der Waals surface area contributed by atoms with Crippen molar-refractivity contribution in [3.63, 3.8) is 0 Å². The Labute approximate surface area is 189 Å². The summed E-state index contributed by atoms with van der Waals surface area (Å²) in [5.74, 6) is -0.865. The van der Waals surface area contributed by atoms with E-state index in [1.807, 2.05) is 0 Å². The molecule has 2 fully saturated rings. The summed E-state index contributed by atoms with van der Waals surface area (Å²) >= 11 is 0. The van der Waals surface area contributed by atoms with Gasteiger partial charge in [-0.3, -0.25) is 9.59 Å². The lowest BCUT2D eigenvalue weighted by molar-refractivity contribution is -0.140. The lowest BCUT2D eigenvalue weighted by Crippen LogP contribution is -2.53. The van der Waals surface area contributed by atoms with Crippen molar-refractivity contribution in [2.75, 3.05) is 26.8 Å². The zero-order valence-electron chi connectivity index (χ0n) is 18.8. The first-order valence-electron chi connectivity index (χ1n) is 11.2. The first kappa shape index (κ1) is 24.5. The molecule has 9 nitrogen and oxygen atoms in total. The van der Waals surface area contributed by atoms with Crippen molar-refractivity contribution in [2.45, 2.75) is 69.0 Å². The van der Waals surface area contributed by atoms with E-state index >= 15 is 0 Å². The minimum Gasteiger partial charge on any atom is -0.496 e. The molecule has 1 heterocycles. The quantitative estimate of drug-likeness (QED) is 0.486. The van der Waals surface area contributed by atoms with Crippen LogP contribution in [0.25, 0.3) is 0 Å². The highest BCUT2D eigenvalue weighted by Gasteiger charge is 2.35. The van der Waals surface area contributed by atoms with Gasteiger partial charge in [0.15, 0.2) is 0 Å². The summed E-state index contributed by atoms with van der Waals surface area (Å²) in [5.41, 5.74) is 0.700. The third kappa shape index (κ3) is 5.99. The van der Waals surface area contributed by atoms with Gasteiger partial charge in [0.2, 0.25) is 10.0 Å². The second-order valence-electron chi connectivity index (χ2n) is 8.30. The maximum absolute atomic E-state index is 13.2. The Morgan fingerprint density at radius 1 is 1.12 bits per heavy atom. The Bertz CT molecular complexity index is 912. The average molecular weight is 468 g/mol. The molecule has 178 valence electrons. The molecule has 10 heteroatoms. The topological polar surface area (TPSA) is 114 Å². The predicted molar refractivity (Wildman–Crippen MR) is 119 cm³/mol. The van der Waals surface area contributed by atoms with Gasteiger partial charge < -0.3 is 20.1 Å². The fourth-order valence-electron chi connectivity index (χ4n) is 4.18. The van der Waals surface area contributed by atoms with E-state index < -0.39 is 28.1 Å². The first-order valence-corrected chi connectivity index (χ1v) is 12.6. The van der Waals surface area contributed by atoms with Gasteiger partial charge in [0, 0.05) is 12.6 Å². The van der Waals surface area contributed by atoms with Crippen LogP contribution in [-0.4, -0.2) is 63.6 Å². The van der Waals surface area contributed by atoms with Gasteiger partial charge in [-0.05, 0) is 49.9 Å². The standard InChI is InChI=1S/C22H33N3O6S/c1-16-14-18(10-11-19(16)30-2)32(28,29)25-12-7-13-31-20(25)15-23-21(26)22(27)24-17-8-5-3-4-6-9-17/h10-11,14,17,20H,3-9,12-13,15H2,1-2H3,(H,23,26)(H,24,27)/t20-/m0/s1. The molecule has 0 bridgehead atoms. The molecule has 1 aromatic carbocycles. The van der Waals surface area contributed by atoms with E-state index in [0.717, 1.165) is 38.5 Å². The second kappa shape index (κ2) is 11.1. The van der Waals surface area contributed by atoms with Gasteiger partial charge in [-0.1, -0.05) is 25.7 Å². The minimum absolute atomic E-state index is 0.0110. The molecule has 1 aromatic rings. The number of hydrogen-bond acceptors (Lipinski definition) is 6. The van der Waals surface area contributed by atoms with Crippen LogP contribution in [0.1, 0.15) is 50.5 Å². The molecule has 0 unspecified atom stereocenters. The molecule has 1 aliphatic heterocycles. The number of nitrogens with zero attached hydrogens (tertiary/aromatic N) is 1. The van der Waals surface area contributed by atoms with Gasteiger partial charge in [0.1, 0.15) is 12.0 Å². The Morgan fingerprint density at radius 3 is 2.50 bits per heavy atom. The van der Waals surface area contributed by atoms with E-state index in [0.29, 0.717) is 24.3 Å². The molecule has 2 aliphatic rings. The van der Waals surface area contributed by atoms with Crippen LogP contribution in [-0.2, 0) is 24.3 Å². The lowest BCUT2D eigenvalue weighted by Gasteiger charge is -2.34. The lowest BCUT2D eigenvalue weighted by atomic mass is 10.1. The minimum atomic E-state index is -3.85. The van der Waals surface area contributed by atoms with E-state index in [1.165, 1.54) is 17.5 Å². The van der Waals surface area contributed by atoms with Crippen LogP contribution < -0.4 is 15.4 Å². The zero-order valence-corrected chi connectivity index (χ0v) is 19.6. The van der Waals surface area contributed by atoms with E-state index in [2.05, 4.69) is 10.6 Å². The molecule has 3 rings (SSSR count). The number of carbonyl (C=O) groups is 2. The number of aryl methyl sites for hydroxylation is 1. The van der Waals surface area contributed by atoms with E-state index in [-0.39, 0.29) is 24.0 Å². The van der Waals surface area contributed by atoms with Crippen molar-refractivity contribution in [1.29, 1.82) is 0 Å². The number of methoxy groups -OCH3 is 1. The number of carbonyl (C=O) groups excluding carboxylic acids is 2. The summed E-state index contributed by atoms with van der Waals surface area (Å²) in [6.45, 7) is 2.31. The molecule has 1 saturated carbocycles. The number of rotatable bonds is 6. The zero-order chi connectivity index (χ0) is 23.1. The highest BCUT2D eigenvalue weighted by atomic mass is 32.2. The number of ether oxygens (including phenoxy) is 2. The predicted octanol–water partition coefficient (Wildman–Crippen LogP) is 1.70. The van der Waals surface area contributed by atoms with Crippen molar-refractivity contribution >= 4 is 21.8 Å². The fourth-order valence-corrected chi connectivity index (χ4v) is 5.84. The highest BCUT2D eigenvalue weighted by Crippen LogP contribution is 2.26. The van der Waals surface area contributed by atoms with Crippen LogP contribution in [0.5, 0.6) is 5.75 Å². The fraction of sp³-hybridized carbons (Fsp3) is 0.636. The molecule has 2 amide bonds. The van der Waals surface area contributed by atoms with Crippen LogP contribution in [0.15, 0.2) is 23.1 Å². The smallest absolute Gasteiger partial charge is 0.309 e. The Morgan fingerprint density at radius 2 is 1.84 bits per heavy atom. The summed E-state index contributed by atoms with van der Waals surface area (Å²) < 4.78 is 38.6. The van der Waals surface area contributed by atoms with E-state index in [4.69, 9.17) is 9.47 Å².